The van der Waals surface area contributed by atoms with Crippen LogP contribution >= 0.6 is 0 Å². The van der Waals surface area contributed by atoms with E-state index in [1.807, 2.05) is 0 Å². The highest BCUT2D eigenvalue weighted by Crippen LogP contribution is 2.15. The SMILES string of the molecule is CCCCCCCCCCCCCCCCCCCCCC(=O)C(CC)N(CC)CC. The lowest BCUT2D eigenvalue weighted by Crippen LogP contribution is -2.40. The van der Waals surface area contributed by atoms with Gasteiger partial charge >= 0.3 is 0 Å². The maximum atomic E-state index is 12.5. The molecule has 2 nitrogen and oxygen atoms in total. The summed E-state index contributed by atoms with van der Waals surface area (Å²) in [6.07, 6.45) is 28.3. The molecule has 0 aliphatic rings. The number of carbonyl (C=O) groups is 1. The van der Waals surface area contributed by atoms with Gasteiger partial charge in [0.05, 0.1) is 6.04 Å². The van der Waals surface area contributed by atoms with E-state index in [0.29, 0.717) is 5.78 Å². The van der Waals surface area contributed by atoms with E-state index in [4.69, 9.17) is 0 Å². The van der Waals surface area contributed by atoms with Gasteiger partial charge < -0.3 is 0 Å². The van der Waals surface area contributed by atoms with E-state index in [0.717, 1.165) is 32.4 Å². The standard InChI is InChI=1S/C29H59NO/c1-5-9-10-11-12-13-14-15-16-17-18-19-20-21-22-23-24-25-26-27-29(31)28(6-2)30(7-3)8-4/h28H,5-27H2,1-4H3. The van der Waals surface area contributed by atoms with Crippen LogP contribution in [0.1, 0.15) is 163 Å². The Balaban J connectivity index is 3.32. The molecule has 0 heterocycles. The van der Waals surface area contributed by atoms with Crippen molar-refractivity contribution in [2.24, 2.45) is 0 Å². The largest absolute Gasteiger partial charge is 0.298 e. The van der Waals surface area contributed by atoms with E-state index >= 15 is 0 Å². The molecule has 2 heteroatoms. The summed E-state index contributed by atoms with van der Waals surface area (Å²) < 4.78 is 0. The first-order valence-corrected chi connectivity index (χ1v) is 14.5. The van der Waals surface area contributed by atoms with Gasteiger partial charge in [0.15, 0.2) is 0 Å². The molecule has 0 aromatic carbocycles. The van der Waals surface area contributed by atoms with Gasteiger partial charge in [-0.2, -0.15) is 0 Å². The Labute approximate surface area is 197 Å². The zero-order valence-electron chi connectivity index (χ0n) is 22.2. The van der Waals surface area contributed by atoms with Crippen molar-refractivity contribution in [1.29, 1.82) is 0 Å². The van der Waals surface area contributed by atoms with Crippen molar-refractivity contribution in [3.63, 3.8) is 0 Å². The molecule has 0 aromatic heterocycles. The molecule has 0 aromatic rings. The van der Waals surface area contributed by atoms with Crippen LogP contribution in [0.25, 0.3) is 0 Å². The molecule has 31 heavy (non-hydrogen) atoms. The van der Waals surface area contributed by atoms with E-state index in [1.165, 1.54) is 116 Å². The first kappa shape index (κ1) is 30.6. The van der Waals surface area contributed by atoms with E-state index in [-0.39, 0.29) is 6.04 Å². The van der Waals surface area contributed by atoms with Gasteiger partial charge in [0.1, 0.15) is 5.78 Å². The van der Waals surface area contributed by atoms with Gasteiger partial charge in [-0.1, -0.05) is 143 Å². The second kappa shape index (κ2) is 24.3. The molecular formula is C29H59NO. The third-order valence-corrected chi connectivity index (χ3v) is 7.04. The van der Waals surface area contributed by atoms with Crippen LogP contribution < -0.4 is 0 Å². The Morgan fingerprint density at radius 2 is 0.839 bits per heavy atom. The Morgan fingerprint density at radius 1 is 0.516 bits per heavy atom. The quantitative estimate of drug-likeness (QED) is 0.132. The number of nitrogens with zero attached hydrogens (tertiary/aromatic N) is 1. The van der Waals surface area contributed by atoms with Crippen molar-refractivity contribution in [3.8, 4) is 0 Å². The number of rotatable bonds is 25. The highest BCUT2D eigenvalue weighted by molar-refractivity contribution is 5.83. The van der Waals surface area contributed by atoms with Crippen molar-refractivity contribution in [2.75, 3.05) is 13.1 Å². The lowest BCUT2D eigenvalue weighted by molar-refractivity contribution is -0.124. The van der Waals surface area contributed by atoms with Crippen LogP contribution in [-0.2, 0) is 4.79 Å². The number of unbranched alkanes of at least 4 members (excludes halogenated alkanes) is 18. The lowest BCUT2D eigenvalue weighted by atomic mass is 10.0. The topological polar surface area (TPSA) is 20.3 Å². The number of carbonyl (C=O) groups excluding carboxylic acids is 1. The van der Waals surface area contributed by atoms with E-state index in [2.05, 4.69) is 32.6 Å². The maximum Gasteiger partial charge on any atom is 0.149 e. The fourth-order valence-electron chi connectivity index (χ4n) is 4.90. The summed E-state index contributed by atoms with van der Waals surface area (Å²) in [5.74, 6) is 0.471. The Morgan fingerprint density at radius 3 is 1.13 bits per heavy atom. The maximum absolute atomic E-state index is 12.5. The van der Waals surface area contributed by atoms with E-state index in [1.54, 1.807) is 0 Å². The molecule has 0 saturated heterocycles. The highest BCUT2D eigenvalue weighted by atomic mass is 16.1. The minimum Gasteiger partial charge on any atom is -0.298 e. The van der Waals surface area contributed by atoms with Crippen LogP contribution in [0.3, 0.4) is 0 Å². The summed E-state index contributed by atoms with van der Waals surface area (Å²) in [4.78, 5) is 14.8. The average Bonchev–Trinajstić information content (AvgIpc) is 2.78. The molecule has 1 atom stereocenters. The van der Waals surface area contributed by atoms with E-state index in [9.17, 15) is 4.79 Å². The number of Topliss-reactive ketones (excluding diaryl/α,β-unsaturated/α-hetero) is 1. The molecule has 0 aliphatic heterocycles. The van der Waals surface area contributed by atoms with Crippen molar-refractivity contribution in [3.05, 3.63) is 0 Å². The van der Waals surface area contributed by atoms with E-state index < -0.39 is 0 Å². The second-order valence-corrected chi connectivity index (χ2v) is 9.73. The van der Waals surface area contributed by atoms with Crippen molar-refractivity contribution in [2.45, 2.75) is 169 Å². The average molecular weight is 438 g/mol. The fraction of sp³-hybridized carbons (Fsp3) is 0.966. The normalized spacial score (nSPS) is 12.5. The molecule has 0 aliphatic carbocycles. The zero-order chi connectivity index (χ0) is 23.0. The Hall–Kier alpha value is -0.370. The number of hydrogen-bond acceptors (Lipinski definition) is 2. The molecule has 1 unspecified atom stereocenters. The predicted molar refractivity (Wildman–Crippen MR) is 140 cm³/mol. The Bertz CT molecular complexity index is 364. The smallest absolute Gasteiger partial charge is 0.149 e. The predicted octanol–water partition coefficient (Wildman–Crippen LogP) is 9.50. The zero-order valence-corrected chi connectivity index (χ0v) is 22.2. The number of likely N-dealkylation sites (N-methyl/N-ethyl adjacent to an activating group) is 1. The van der Waals surface area contributed by atoms with Crippen molar-refractivity contribution in [1.82, 2.24) is 4.90 Å². The van der Waals surface area contributed by atoms with Crippen LogP contribution in [0, 0.1) is 0 Å². The van der Waals surface area contributed by atoms with Crippen LogP contribution in [0.2, 0.25) is 0 Å². The molecule has 0 rings (SSSR count). The van der Waals surface area contributed by atoms with Crippen molar-refractivity contribution >= 4 is 5.78 Å². The summed E-state index contributed by atoms with van der Waals surface area (Å²) in [5.41, 5.74) is 0. The van der Waals surface area contributed by atoms with Crippen LogP contribution in [0.15, 0.2) is 0 Å². The molecule has 0 radical (unpaired) electrons. The van der Waals surface area contributed by atoms with Gasteiger partial charge in [0.25, 0.3) is 0 Å². The number of hydrogen-bond donors (Lipinski definition) is 0. The number of ketones is 1. The van der Waals surface area contributed by atoms with Crippen molar-refractivity contribution < 1.29 is 4.79 Å². The molecular weight excluding hydrogens is 378 g/mol. The summed E-state index contributed by atoms with van der Waals surface area (Å²) in [6, 6.07) is 0.158. The van der Waals surface area contributed by atoms with Gasteiger partial charge in [0.2, 0.25) is 0 Å². The molecule has 0 N–H and O–H groups in total. The van der Waals surface area contributed by atoms with Gasteiger partial charge in [-0.3, -0.25) is 9.69 Å². The summed E-state index contributed by atoms with van der Waals surface area (Å²) in [5, 5.41) is 0. The summed E-state index contributed by atoms with van der Waals surface area (Å²) in [7, 11) is 0. The molecule has 0 bridgehead atoms. The first-order valence-electron chi connectivity index (χ1n) is 14.5. The minimum absolute atomic E-state index is 0.158. The van der Waals surface area contributed by atoms with Crippen LogP contribution in [-0.4, -0.2) is 29.8 Å². The highest BCUT2D eigenvalue weighted by Gasteiger charge is 2.20. The van der Waals surface area contributed by atoms with Gasteiger partial charge in [-0.25, -0.2) is 0 Å². The summed E-state index contributed by atoms with van der Waals surface area (Å²) >= 11 is 0. The third-order valence-electron chi connectivity index (χ3n) is 7.04. The first-order chi connectivity index (χ1) is 15.2. The minimum atomic E-state index is 0.158. The van der Waals surface area contributed by atoms with Gasteiger partial charge in [-0.15, -0.1) is 0 Å². The molecule has 0 saturated carbocycles. The molecule has 0 spiro atoms. The fourth-order valence-corrected chi connectivity index (χ4v) is 4.90. The van der Waals surface area contributed by atoms with Crippen LogP contribution in [0.5, 0.6) is 0 Å². The monoisotopic (exact) mass is 437 g/mol. The Kier molecular flexibility index (Phi) is 24.0. The van der Waals surface area contributed by atoms with Gasteiger partial charge in [-0.05, 0) is 25.9 Å². The molecule has 0 fully saturated rings. The summed E-state index contributed by atoms with van der Waals surface area (Å²) in [6.45, 7) is 10.7. The molecule has 0 amide bonds. The van der Waals surface area contributed by atoms with Crippen LogP contribution in [0.4, 0.5) is 0 Å². The van der Waals surface area contributed by atoms with Gasteiger partial charge in [0, 0.05) is 6.42 Å². The third kappa shape index (κ3) is 18.9. The second-order valence-electron chi connectivity index (χ2n) is 9.73. The molecule has 186 valence electrons. The lowest BCUT2D eigenvalue weighted by Gasteiger charge is -2.27.